The lowest BCUT2D eigenvalue weighted by atomic mass is 10.1. The van der Waals surface area contributed by atoms with Crippen LogP contribution in [0.4, 0.5) is 15.9 Å². The van der Waals surface area contributed by atoms with Crippen molar-refractivity contribution in [3.63, 3.8) is 0 Å². The van der Waals surface area contributed by atoms with Crippen molar-refractivity contribution >= 4 is 11.5 Å². The molecule has 0 saturated carbocycles. The molecular weight excluding hydrogens is 243 g/mol. The van der Waals surface area contributed by atoms with Crippen molar-refractivity contribution in [1.82, 2.24) is 4.98 Å². The molecule has 1 aliphatic heterocycles. The van der Waals surface area contributed by atoms with Crippen molar-refractivity contribution in [2.45, 2.75) is 19.4 Å². The van der Waals surface area contributed by atoms with Crippen LogP contribution >= 0.6 is 0 Å². The Bertz CT molecular complexity index is 613. The maximum atomic E-state index is 13.4. The lowest BCUT2D eigenvalue weighted by molar-refractivity contribution is 0.199. The molecule has 98 valence electrons. The number of hydrogen-bond acceptors (Lipinski definition) is 3. The summed E-state index contributed by atoms with van der Waals surface area (Å²) in [6, 6.07) is 8.48. The molecule has 2 heterocycles. The minimum atomic E-state index is -0.596. The van der Waals surface area contributed by atoms with E-state index in [2.05, 4.69) is 4.98 Å². The van der Waals surface area contributed by atoms with E-state index in [-0.39, 0.29) is 5.82 Å². The Hall–Kier alpha value is -1.94. The molecule has 0 fully saturated rings. The molecule has 2 aromatic rings. The number of aromatic nitrogens is 1. The fourth-order valence-corrected chi connectivity index (χ4v) is 2.53. The van der Waals surface area contributed by atoms with Gasteiger partial charge in [-0.1, -0.05) is 12.1 Å². The second-order valence-corrected chi connectivity index (χ2v) is 4.77. The summed E-state index contributed by atoms with van der Waals surface area (Å²) >= 11 is 0. The quantitative estimate of drug-likeness (QED) is 0.899. The van der Waals surface area contributed by atoms with Crippen LogP contribution in [0.3, 0.4) is 0 Å². The minimum absolute atomic E-state index is 0.250. The third-order valence-electron chi connectivity index (χ3n) is 3.47. The number of fused-ring (bicyclic) bond motifs is 1. The molecule has 0 bridgehead atoms. The van der Waals surface area contributed by atoms with Crippen LogP contribution in [-0.2, 0) is 6.42 Å². The standard InChI is InChI=1S/C15H15FN2O/c1-10(19)13-3-2-7-17-15(13)18-8-6-11-4-5-12(16)9-14(11)18/h2-5,7,9-10,19H,6,8H2,1H3/t10-/m1/s1. The lowest BCUT2D eigenvalue weighted by Crippen LogP contribution is -2.17. The first-order chi connectivity index (χ1) is 9.16. The van der Waals surface area contributed by atoms with Crippen LogP contribution in [0.5, 0.6) is 0 Å². The molecule has 4 heteroatoms. The van der Waals surface area contributed by atoms with Gasteiger partial charge < -0.3 is 10.0 Å². The van der Waals surface area contributed by atoms with Crippen molar-refractivity contribution in [3.05, 3.63) is 53.5 Å². The number of halogens is 1. The third-order valence-corrected chi connectivity index (χ3v) is 3.47. The fraction of sp³-hybridized carbons (Fsp3) is 0.267. The maximum Gasteiger partial charge on any atom is 0.138 e. The summed E-state index contributed by atoms with van der Waals surface area (Å²) in [7, 11) is 0. The topological polar surface area (TPSA) is 36.4 Å². The summed E-state index contributed by atoms with van der Waals surface area (Å²) in [5, 5.41) is 9.83. The molecular formula is C15H15FN2O. The zero-order valence-electron chi connectivity index (χ0n) is 10.7. The molecule has 1 atom stereocenters. The van der Waals surface area contributed by atoms with Crippen molar-refractivity contribution in [2.75, 3.05) is 11.4 Å². The predicted octanol–water partition coefficient (Wildman–Crippen LogP) is 2.97. The average molecular weight is 258 g/mol. The van der Waals surface area contributed by atoms with Crippen molar-refractivity contribution in [2.24, 2.45) is 0 Å². The second kappa shape index (κ2) is 4.63. The number of anilines is 2. The summed E-state index contributed by atoms with van der Waals surface area (Å²) in [5.74, 6) is 0.460. The van der Waals surface area contributed by atoms with E-state index in [4.69, 9.17) is 0 Å². The van der Waals surface area contributed by atoms with Gasteiger partial charge in [0, 0.05) is 24.0 Å². The van der Waals surface area contributed by atoms with Gasteiger partial charge >= 0.3 is 0 Å². The highest BCUT2D eigenvalue weighted by Crippen LogP contribution is 2.36. The Morgan fingerprint density at radius 2 is 2.21 bits per heavy atom. The molecule has 0 spiro atoms. The number of benzene rings is 1. The van der Waals surface area contributed by atoms with E-state index in [1.54, 1.807) is 19.2 Å². The van der Waals surface area contributed by atoms with Crippen LogP contribution in [0.25, 0.3) is 0 Å². The van der Waals surface area contributed by atoms with Gasteiger partial charge in [0.1, 0.15) is 11.6 Å². The van der Waals surface area contributed by atoms with Crippen LogP contribution in [-0.4, -0.2) is 16.6 Å². The highest BCUT2D eigenvalue weighted by Gasteiger charge is 2.24. The summed E-state index contributed by atoms with van der Waals surface area (Å²) in [4.78, 5) is 6.33. The van der Waals surface area contributed by atoms with E-state index in [0.717, 1.165) is 29.8 Å². The van der Waals surface area contributed by atoms with E-state index >= 15 is 0 Å². The lowest BCUT2D eigenvalue weighted by Gasteiger charge is -2.22. The number of aliphatic hydroxyl groups is 1. The zero-order valence-corrected chi connectivity index (χ0v) is 10.7. The normalized spacial score (nSPS) is 15.4. The number of rotatable bonds is 2. The van der Waals surface area contributed by atoms with Gasteiger partial charge in [-0.3, -0.25) is 0 Å². The molecule has 0 amide bonds. The maximum absolute atomic E-state index is 13.4. The molecule has 3 nitrogen and oxygen atoms in total. The van der Waals surface area contributed by atoms with E-state index < -0.39 is 6.10 Å². The molecule has 1 aliphatic rings. The summed E-state index contributed by atoms with van der Waals surface area (Å²) in [6.07, 6.45) is 1.96. The molecule has 1 aromatic carbocycles. The molecule has 19 heavy (non-hydrogen) atoms. The molecule has 0 radical (unpaired) electrons. The molecule has 0 aliphatic carbocycles. The van der Waals surface area contributed by atoms with Crippen molar-refractivity contribution < 1.29 is 9.50 Å². The number of pyridine rings is 1. The van der Waals surface area contributed by atoms with Gasteiger partial charge in [0.2, 0.25) is 0 Å². The van der Waals surface area contributed by atoms with Gasteiger partial charge in [0.15, 0.2) is 0 Å². The van der Waals surface area contributed by atoms with Crippen LogP contribution in [0.1, 0.15) is 24.2 Å². The van der Waals surface area contributed by atoms with Crippen LogP contribution in [0, 0.1) is 5.82 Å². The Morgan fingerprint density at radius 1 is 1.37 bits per heavy atom. The monoisotopic (exact) mass is 258 g/mol. The fourth-order valence-electron chi connectivity index (χ4n) is 2.53. The number of nitrogens with zero attached hydrogens (tertiary/aromatic N) is 2. The van der Waals surface area contributed by atoms with Crippen LogP contribution in [0.2, 0.25) is 0 Å². The van der Waals surface area contributed by atoms with Gasteiger partial charge in [0.05, 0.1) is 6.10 Å². The second-order valence-electron chi connectivity index (χ2n) is 4.77. The highest BCUT2D eigenvalue weighted by molar-refractivity contribution is 5.69. The molecule has 1 N–H and O–H groups in total. The Balaban J connectivity index is 2.09. The van der Waals surface area contributed by atoms with E-state index in [0.29, 0.717) is 5.82 Å². The number of hydrogen-bond donors (Lipinski definition) is 1. The summed E-state index contributed by atoms with van der Waals surface area (Å²) in [6.45, 7) is 2.47. The molecule has 3 rings (SSSR count). The SMILES string of the molecule is C[C@@H](O)c1cccnc1N1CCc2ccc(F)cc21. The minimum Gasteiger partial charge on any atom is -0.389 e. The van der Waals surface area contributed by atoms with Crippen molar-refractivity contribution in [1.29, 1.82) is 0 Å². The van der Waals surface area contributed by atoms with Crippen LogP contribution < -0.4 is 4.90 Å². The molecule has 0 saturated heterocycles. The van der Waals surface area contributed by atoms with E-state index in [1.807, 2.05) is 17.0 Å². The van der Waals surface area contributed by atoms with Crippen LogP contribution in [0.15, 0.2) is 36.5 Å². The third kappa shape index (κ3) is 2.08. The smallest absolute Gasteiger partial charge is 0.138 e. The molecule has 1 aromatic heterocycles. The first-order valence-corrected chi connectivity index (χ1v) is 6.36. The van der Waals surface area contributed by atoms with E-state index in [1.165, 1.54) is 12.1 Å². The first-order valence-electron chi connectivity index (χ1n) is 6.36. The van der Waals surface area contributed by atoms with E-state index in [9.17, 15) is 9.50 Å². The van der Waals surface area contributed by atoms with Gasteiger partial charge in [-0.25, -0.2) is 9.37 Å². The van der Waals surface area contributed by atoms with Crippen molar-refractivity contribution in [3.8, 4) is 0 Å². The highest BCUT2D eigenvalue weighted by atomic mass is 19.1. The Morgan fingerprint density at radius 3 is 3.00 bits per heavy atom. The predicted molar refractivity (Wildman–Crippen MR) is 72.0 cm³/mol. The Labute approximate surface area is 111 Å². The Kier molecular flexibility index (Phi) is 2.95. The number of aliphatic hydroxyl groups excluding tert-OH is 1. The molecule has 0 unspecified atom stereocenters. The summed E-state index contributed by atoms with van der Waals surface area (Å²) in [5.41, 5.74) is 2.73. The zero-order chi connectivity index (χ0) is 13.4. The van der Waals surface area contributed by atoms with Gasteiger partial charge in [-0.05, 0) is 37.1 Å². The van der Waals surface area contributed by atoms with Gasteiger partial charge in [0.25, 0.3) is 0 Å². The van der Waals surface area contributed by atoms with Gasteiger partial charge in [-0.2, -0.15) is 0 Å². The largest absolute Gasteiger partial charge is 0.389 e. The first kappa shape index (κ1) is 12.1. The average Bonchev–Trinajstić information content (AvgIpc) is 2.81. The summed E-state index contributed by atoms with van der Waals surface area (Å²) < 4.78 is 13.4. The van der Waals surface area contributed by atoms with Gasteiger partial charge in [-0.15, -0.1) is 0 Å².